The van der Waals surface area contributed by atoms with Crippen molar-refractivity contribution in [2.75, 3.05) is 0 Å². The van der Waals surface area contributed by atoms with Gasteiger partial charge in [-0.3, -0.25) is 0 Å². The molecule has 1 aromatic rings. The number of benzene rings is 1. The maximum Gasteiger partial charge on any atom is 0.315 e. The van der Waals surface area contributed by atoms with E-state index in [1.54, 1.807) is 0 Å². The van der Waals surface area contributed by atoms with Crippen molar-refractivity contribution in [2.45, 2.75) is 25.4 Å². The van der Waals surface area contributed by atoms with Crippen molar-refractivity contribution in [3.05, 3.63) is 34.9 Å². The molecule has 2 N–H and O–H groups in total. The average molecular weight is 225 g/mol. The van der Waals surface area contributed by atoms with E-state index in [-0.39, 0.29) is 6.03 Å². The second kappa shape index (κ2) is 4.53. The van der Waals surface area contributed by atoms with E-state index in [1.165, 1.54) is 0 Å². The molecule has 0 bridgehead atoms. The van der Waals surface area contributed by atoms with Crippen LogP contribution >= 0.6 is 11.6 Å². The van der Waals surface area contributed by atoms with Crippen molar-refractivity contribution in [3.8, 4) is 0 Å². The second-order valence-corrected chi connectivity index (χ2v) is 4.17. The molecule has 4 heteroatoms. The zero-order valence-electron chi connectivity index (χ0n) is 8.29. The minimum atomic E-state index is -0.0996. The van der Waals surface area contributed by atoms with Crippen LogP contribution in [0.4, 0.5) is 4.79 Å². The minimum Gasteiger partial charge on any atom is -0.335 e. The molecule has 2 rings (SSSR count). The lowest BCUT2D eigenvalue weighted by atomic mass is 10.2. The molecule has 1 fully saturated rings. The molecule has 0 aliphatic heterocycles. The first kappa shape index (κ1) is 10.3. The van der Waals surface area contributed by atoms with Crippen LogP contribution in [0, 0.1) is 0 Å². The molecule has 1 aromatic carbocycles. The number of nitrogens with one attached hydrogen (secondary N) is 2. The summed E-state index contributed by atoms with van der Waals surface area (Å²) in [5, 5.41) is 6.34. The molecule has 0 unspecified atom stereocenters. The highest BCUT2D eigenvalue weighted by atomic mass is 35.5. The molecule has 1 aliphatic carbocycles. The van der Waals surface area contributed by atoms with Crippen molar-refractivity contribution in [1.29, 1.82) is 0 Å². The average Bonchev–Trinajstić information content (AvgIpc) is 2.99. The lowest BCUT2D eigenvalue weighted by molar-refractivity contribution is 0.240. The van der Waals surface area contributed by atoms with Crippen LogP contribution in [0.15, 0.2) is 24.3 Å². The summed E-state index contributed by atoms with van der Waals surface area (Å²) in [4.78, 5) is 11.3. The third-order valence-corrected chi connectivity index (χ3v) is 2.49. The Morgan fingerprint density at radius 1 is 1.47 bits per heavy atom. The standard InChI is InChI=1S/C11H13ClN2O/c12-9-3-1-2-8(6-9)7-13-11(15)14-10-4-5-10/h1-3,6,10H,4-5,7H2,(H2,13,14,15). The maximum absolute atomic E-state index is 11.3. The van der Waals surface area contributed by atoms with E-state index in [0.29, 0.717) is 17.6 Å². The number of halogens is 1. The molecule has 2 amide bonds. The van der Waals surface area contributed by atoms with Crippen molar-refractivity contribution in [1.82, 2.24) is 10.6 Å². The molecule has 3 nitrogen and oxygen atoms in total. The number of urea groups is 1. The Kier molecular flexibility index (Phi) is 3.11. The van der Waals surface area contributed by atoms with E-state index in [0.717, 1.165) is 18.4 Å². The largest absolute Gasteiger partial charge is 0.335 e. The lowest BCUT2D eigenvalue weighted by Crippen LogP contribution is -2.36. The Labute approximate surface area is 93.8 Å². The molecule has 0 radical (unpaired) electrons. The van der Waals surface area contributed by atoms with Gasteiger partial charge < -0.3 is 10.6 Å². The molecule has 0 aromatic heterocycles. The first-order valence-corrected chi connectivity index (χ1v) is 5.40. The number of carbonyl (C=O) groups is 1. The van der Waals surface area contributed by atoms with Crippen LogP contribution in [-0.2, 0) is 6.54 Å². The van der Waals surface area contributed by atoms with Gasteiger partial charge in [0.25, 0.3) is 0 Å². The van der Waals surface area contributed by atoms with Crippen LogP contribution in [0.3, 0.4) is 0 Å². The number of carbonyl (C=O) groups excluding carboxylic acids is 1. The van der Waals surface area contributed by atoms with Crippen LogP contribution in [0.25, 0.3) is 0 Å². The van der Waals surface area contributed by atoms with Crippen LogP contribution < -0.4 is 10.6 Å². The van der Waals surface area contributed by atoms with Crippen LogP contribution in [0.5, 0.6) is 0 Å². The fourth-order valence-electron chi connectivity index (χ4n) is 1.29. The van der Waals surface area contributed by atoms with Gasteiger partial charge in [0.1, 0.15) is 0 Å². The first-order valence-electron chi connectivity index (χ1n) is 5.03. The summed E-state index contributed by atoms with van der Waals surface area (Å²) in [7, 11) is 0. The summed E-state index contributed by atoms with van der Waals surface area (Å²) in [6.07, 6.45) is 2.20. The molecule has 1 saturated carbocycles. The van der Waals surface area contributed by atoms with Gasteiger partial charge in [-0.2, -0.15) is 0 Å². The normalized spacial score (nSPS) is 14.7. The van der Waals surface area contributed by atoms with E-state index in [4.69, 9.17) is 11.6 Å². The molecule has 0 saturated heterocycles. The summed E-state index contributed by atoms with van der Waals surface area (Å²) in [5.74, 6) is 0. The van der Waals surface area contributed by atoms with E-state index in [1.807, 2.05) is 24.3 Å². The molecule has 0 spiro atoms. The molecule has 0 heterocycles. The Hall–Kier alpha value is -1.22. The molecule has 0 atom stereocenters. The second-order valence-electron chi connectivity index (χ2n) is 3.73. The first-order chi connectivity index (χ1) is 7.24. The van der Waals surface area contributed by atoms with Gasteiger partial charge in [0.2, 0.25) is 0 Å². The van der Waals surface area contributed by atoms with Gasteiger partial charge in [-0.1, -0.05) is 23.7 Å². The Morgan fingerprint density at radius 3 is 2.93 bits per heavy atom. The van der Waals surface area contributed by atoms with Crippen LogP contribution in [-0.4, -0.2) is 12.1 Å². The van der Waals surface area contributed by atoms with Gasteiger partial charge in [-0.15, -0.1) is 0 Å². The lowest BCUT2D eigenvalue weighted by Gasteiger charge is -2.06. The summed E-state index contributed by atoms with van der Waals surface area (Å²) in [6.45, 7) is 0.513. The molecule has 80 valence electrons. The van der Waals surface area contributed by atoms with Gasteiger partial charge in [0.15, 0.2) is 0 Å². The Morgan fingerprint density at radius 2 is 2.27 bits per heavy atom. The molecular formula is C11H13ClN2O. The topological polar surface area (TPSA) is 41.1 Å². The fraction of sp³-hybridized carbons (Fsp3) is 0.364. The molecule has 1 aliphatic rings. The predicted octanol–water partition coefficient (Wildman–Crippen LogP) is 2.30. The zero-order chi connectivity index (χ0) is 10.7. The maximum atomic E-state index is 11.3. The van der Waals surface area contributed by atoms with Gasteiger partial charge in [-0.25, -0.2) is 4.79 Å². The van der Waals surface area contributed by atoms with E-state index >= 15 is 0 Å². The summed E-state index contributed by atoms with van der Waals surface area (Å²) in [6, 6.07) is 7.76. The SMILES string of the molecule is O=C(NCc1cccc(Cl)c1)NC1CC1. The fourth-order valence-corrected chi connectivity index (χ4v) is 1.51. The highest BCUT2D eigenvalue weighted by Gasteiger charge is 2.22. The van der Waals surface area contributed by atoms with E-state index in [9.17, 15) is 4.79 Å². The van der Waals surface area contributed by atoms with Crippen molar-refractivity contribution >= 4 is 17.6 Å². The summed E-state index contributed by atoms with van der Waals surface area (Å²) >= 11 is 5.83. The Balaban J connectivity index is 1.78. The van der Waals surface area contributed by atoms with Crippen molar-refractivity contribution < 1.29 is 4.79 Å². The van der Waals surface area contributed by atoms with Gasteiger partial charge >= 0.3 is 6.03 Å². The van der Waals surface area contributed by atoms with E-state index in [2.05, 4.69) is 10.6 Å². The minimum absolute atomic E-state index is 0.0996. The summed E-state index contributed by atoms with van der Waals surface area (Å²) < 4.78 is 0. The highest BCUT2D eigenvalue weighted by molar-refractivity contribution is 6.30. The number of rotatable bonds is 3. The quantitative estimate of drug-likeness (QED) is 0.813. The number of amides is 2. The van der Waals surface area contributed by atoms with Crippen LogP contribution in [0.1, 0.15) is 18.4 Å². The number of hydrogen-bond donors (Lipinski definition) is 2. The molecular weight excluding hydrogens is 212 g/mol. The van der Waals surface area contributed by atoms with Gasteiger partial charge in [0.05, 0.1) is 0 Å². The zero-order valence-corrected chi connectivity index (χ0v) is 9.05. The predicted molar refractivity (Wildman–Crippen MR) is 59.8 cm³/mol. The smallest absolute Gasteiger partial charge is 0.315 e. The summed E-state index contributed by atoms with van der Waals surface area (Å²) in [5.41, 5.74) is 1.01. The van der Waals surface area contributed by atoms with Crippen molar-refractivity contribution in [3.63, 3.8) is 0 Å². The monoisotopic (exact) mass is 224 g/mol. The van der Waals surface area contributed by atoms with Gasteiger partial charge in [-0.05, 0) is 30.5 Å². The third kappa shape index (κ3) is 3.44. The van der Waals surface area contributed by atoms with Gasteiger partial charge in [0, 0.05) is 17.6 Å². The van der Waals surface area contributed by atoms with E-state index < -0.39 is 0 Å². The highest BCUT2D eigenvalue weighted by Crippen LogP contribution is 2.18. The number of hydrogen-bond acceptors (Lipinski definition) is 1. The molecule has 15 heavy (non-hydrogen) atoms. The van der Waals surface area contributed by atoms with Crippen molar-refractivity contribution in [2.24, 2.45) is 0 Å². The third-order valence-electron chi connectivity index (χ3n) is 2.25. The van der Waals surface area contributed by atoms with Crippen LogP contribution in [0.2, 0.25) is 5.02 Å². The Bertz CT molecular complexity index is 363.